The van der Waals surface area contributed by atoms with Crippen LogP contribution in [0.3, 0.4) is 0 Å². The second-order valence-electron chi connectivity index (χ2n) is 5.99. The van der Waals surface area contributed by atoms with Crippen LogP contribution in [-0.2, 0) is 0 Å². The fourth-order valence-corrected chi connectivity index (χ4v) is 2.71. The van der Waals surface area contributed by atoms with E-state index < -0.39 is 5.91 Å². The summed E-state index contributed by atoms with van der Waals surface area (Å²) in [7, 11) is 1.54. The summed E-state index contributed by atoms with van der Waals surface area (Å²) in [5.74, 6) is -1.33. The van der Waals surface area contributed by atoms with Crippen LogP contribution in [0.5, 0.6) is 5.75 Å². The Morgan fingerprint density at radius 1 is 1.07 bits per heavy atom. The van der Waals surface area contributed by atoms with Crippen LogP contribution in [0.15, 0.2) is 58.8 Å². The van der Waals surface area contributed by atoms with Crippen molar-refractivity contribution >= 4 is 34.0 Å². The van der Waals surface area contributed by atoms with Gasteiger partial charge in [-0.25, -0.2) is 0 Å². The molecule has 3 rings (SSSR count). The molecule has 3 aromatic rings. The molecule has 0 bridgehead atoms. The van der Waals surface area contributed by atoms with E-state index in [1.165, 1.54) is 6.07 Å². The van der Waals surface area contributed by atoms with Crippen molar-refractivity contribution in [3.8, 4) is 5.75 Å². The highest BCUT2D eigenvalue weighted by molar-refractivity contribution is 6.06. The van der Waals surface area contributed by atoms with Gasteiger partial charge in [0.1, 0.15) is 5.69 Å². The number of azo groups is 1. The number of nitrogens with one attached hydrogen (secondary N) is 1. The molecule has 4 N–H and O–H groups in total. The number of nitrogens with zero attached hydrogens (tertiary/aromatic N) is 2. The number of hydrogen-bond donors (Lipinski definition) is 3. The number of phenols is 1. The first-order chi connectivity index (χ1) is 12.9. The number of rotatable bonds is 4. The summed E-state index contributed by atoms with van der Waals surface area (Å²) < 4.78 is 0. The lowest BCUT2D eigenvalue weighted by Crippen LogP contribution is -2.17. The first-order valence-corrected chi connectivity index (χ1v) is 8.21. The zero-order valence-electron chi connectivity index (χ0n) is 14.9. The van der Waals surface area contributed by atoms with Gasteiger partial charge in [-0.3, -0.25) is 9.59 Å². The third-order valence-electron chi connectivity index (χ3n) is 4.22. The van der Waals surface area contributed by atoms with Gasteiger partial charge in [0.25, 0.3) is 11.8 Å². The van der Waals surface area contributed by atoms with E-state index in [9.17, 15) is 14.7 Å². The van der Waals surface area contributed by atoms with Crippen LogP contribution < -0.4 is 11.1 Å². The Morgan fingerprint density at radius 2 is 1.81 bits per heavy atom. The maximum atomic E-state index is 11.8. The van der Waals surface area contributed by atoms with E-state index in [4.69, 9.17) is 5.73 Å². The molecule has 0 saturated carbocycles. The first-order valence-electron chi connectivity index (χ1n) is 8.21. The fourth-order valence-electron chi connectivity index (χ4n) is 2.71. The molecule has 0 heterocycles. The Kier molecular flexibility index (Phi) is 4.85. The average molecular weight is 362 g/mol. The van der Waals surface area contributed by atoms with Gasteiger partial charge < -0.3 is 16.2 Å². The molecule has 7 nitrogen and oxygen atoms in total. The van der Waals surface area contributed by atoms with Gasteiger partial charge >= 0.3 is 0 Å². The highest BCUT2D eigenvalue weighted by atomic mass is 16.3. The molecule has 7 heteroatoms. The predicted octanol–water partition coefficient (Wildman–Crippen LogP) is 3.73. The van der Waals surface area contributed by atoms with Crippen LogP contribution in [0.1, 0.15) is 26.3 Å². The summed E-state index contributed by atoms with van der Waals surface area (Å²) in [6.07, 6.45) is 0. The minimum Gasteiger partial charge on any atom is -0.505 e. The molecule has 2 amide bonds. The van der Waals surface area contributed by atoms with Crippen molar-refractivity contribution in [2.24, 2.45) is 16.0 Å². The molecule has 0 atom stereocenters. The van der Waals surface area contributed by atoms with Gasteiger partial charge in [-0.1, -0.05) is 30.3 Å². The zero-order chi connectivity index (χ0) is 19.6. The van der Waals surface area contributed by atoms with Gasteiger partial charge in [0.15, 0.2) is 5.75 Å². The second kappa shape index (κ2) is 7.25. The molecule has 0 spiro atoms. The summed E-state index contributed by atoms with van der Waals surface area (Å²) in [6, 6.07) is 13.7. The average Bonchev–Trinajstić information content (AvgIpc) is 2.67. The quantitative estimate of drug-likeness (QED) is 0.614. The Hall–Kier alpha value is -3.74. The van der Waals surface area contributed by atoms with Crippen LogP contribution in [-0.4, -0.2) is 24.0 Å². The van der Waals surface area contributed by atoms with E-state index in [2.05, 4.69) is 15.5 Å². The molecule has 27 heavy (non-hydrogen) atoms. The Bertz CT molecular complexity index is 1090. The maximum absolute atomic E-state index is 11.8. The minimum absolute atomic E-state index is 0.0292. The largest absolute Gasteiger partial charge is 0.505 e. The number of carbonyl (C=O) groups excluding carboxylic acids is 2. The molecule has 0 aliphatic carbocycles. The topological polar surface area (TPSA) is 117 Å². The lowest BCUT2D eigenvalue weighted by atomic mass is 10.0. The fraction of sp³-hybridized carbons (Fsp3) is 0.100. The molecule has 0 radical (unpaired) electrons. The number of amides is 2. The molecule has 0 unspecified atom stereocenters. The van der Waals surface area contributed by atoms with Crippen LogP contribution >= 0.6 is 0 Å². The number of aryl methyl sites for hydroxylation is 1. The number of hydrogen-bond acceptors (Lipinski definition) is 5. The third-order valence-corrected chi connectivity index (χ3v) is 4.22. The standard InChI is InChI=1S/C20H18N4O3/c1-11-7-8-13(20(27)22-2)10-16(11)23-24-17-14-6-4-3-5-12(14)9-15(18(17)25)19(21)26/h3-10,25H,1-2H3,(H2,21,26)(H,22,27)/b24-23+. The SMILES string of the molecule is CNC(=O)c1ccc(C)c(/N=N/c2c(O)c(C(N)=O)cc3ccccc23)c1. The predicted molar refractivity (Wildman–Crippen MR) is 103 cm³/mol. The molecule has 0 aromatic heterocycles. The number of nitrogens with two attached hydrogens (primary N) is 1. The Labute approximate surface area is 155 Å². The smallest absolute Gasteiger partial charge is 0.252 e. The molecule has 0 fully saturated rings. The van der Waals surface area contributed by atoms with E-state index in [0.717, 1.165) is 5.56 Å². The van der Waals surface area contributed by atoms with Crippen molar-refractivity contribution in [3.63, 3.8) is 0 Å². The lowest BCUT2D eigenvalue weighted by molar-refractivity contribution is 0.0961. The van der Waals surface area contributed by atoms with Crippen molar-refractivity contribution in [3.05, 3.63) is 65.2 Å². The van der Waals surface area contributed by atoms with Crippen molar-refractivity contribution in [2.45, 2.75) is 6.92 Å². The van der Waals surface area contributed by atoms with Gasteiger partial charge in [-0.2, -0.15) is 5.11 Å². The van der Waals surface area contributed by atoms with Gasteiger partial charge in [0.05, 0.1) is 11.3 Å². The molecular formula is C20H18N4O3. The first kappa shape index (κ1) is 18.1. The molecule has 3 aromatic carbocycles. The van der Waals surface area contributed by atoms with Crippen LogP contribution in [0.2, 0.25) is 0 Å². The Balaban J connectivity index is 2.15. The molecule has 0 aliphatic rings. The van der Waals surface area contributed by atoms with Crippen LogP contribution in [0, 0.1) is 6.92 Å². The third kappa shape index (κ3) is 3.48. The Morgan fingerprint density at radius 3 is 2.52 bits per heavy atom. The van der Waals surface area contributed by atoms with Crippen molar-refractivity contribution in [1.82, 2.24) is 5.32 Å². The van der Waals surface area contributed by atoms with Gasteiger partial charge in [0.2, 0.25) is 0 Å². The van der Waals surface area contributed by atoms with Crippen molar-refractivity contribution < 1.29 is 14.7 Å². The summed E-state index contributed by atoms with van der Waals surface area (Å²) >= 11 is 0. The van der Waals surface area contributed by atoms with Crippen molar-refractivity contribution in [2.75, 3.05) is 7.05 Å². The number of benzene rings is 3. The summed E-state index contributed by atoms with van der Waals surface area (Å²) in [4.78, 5) is 23.5. The summed E-state index contributed by atoms with van der Waals surface area (Å²) in [5, 5.41) is 22.7. The highest BCUT2D eigenvalue weighted by Crippen LogP contribution is 2.39. The maximum Gasteiger partial charge on any atom is 0.252 e. The van der Waals surface area contributed by atoms with E-state index in [1.54, 1.807) is 43.4 Å². The second-order valence-corrected chi connectivity index (χ2v) is 5.99. The monoisotopic (exact) mass is 362 g/mol. The van der Waals surface area contributed by atoms with Gasteiger partial charge in [0, 0.05) is 18.0 Å². The number of aromatic hydroxyl groups is 1. The van der Waals surface area contributed by atoms with E-state index in [0.29, 0.717) is 22.0 Å². The van der Waals surface area contributed by atoms with E-state index in [1.807, 2.05) is 13.0 Å². The van der Waals surface area contributed by atoms with E-state index >= 15 is 0 Å². The lowest BCUT2D eigenvalue weighted by Gasteiger charge is -2.08. The molecule has 0 aliphatic heterocycles. The zero-order valence-corrected chi connectivity index (χ0v) is 14.9. The van der Waals surface area contributed by atoms with Gasteiger partial charge in [-0.15, -0.1) is 5.11 Å². The highest BCUT2D eigenvalue weighted by Gasteiger charge is 2.16. The minimum atomic E-state index is -0.757. The van der Waals surface area contributed by atoms with Crippen LogP contribution in [0.25, 0.3) is 10.8 Å². The van der Waals surface area contributed by atoms with Crippen LogP contribution in [0.4, 0.5) is 11.4 Å². The van der Waals surface area contributed by atoms with Gasteiger partial charge in [-0.05, 0) is 36.1 Å². The van der Waals surface area contributed by atoms with Crippen molar-refractivity contribution in [1.29, 1.82) is 0 Å². The molecular weight excluding hydrogens is 344 g/mol. The number of primary amides is 1. The number of carbonyl (C=O) groups is 2. The normalized spacial score (nSPS) is 11.0. The molecule has 0 saturated heterocycles. The summed E-state index contributed by atoms with van der Waals surface area (Å²) in [5.41, 5.74) is 7.20. The summed E-state index contributed by atoms with van der Waals surface area (Å²) in [6.45, 7) is 1.83. The number of fused-ring (bicyclic) bond motifs is 1. The molecule has 136 valence electrons. The van der Waals surface area contributed by atoms with E-state index in [-0.39, 0.29) is 22.9 Å².